The van der Waals surface area contributed by atoms with Crippen LogP contribution in [-0.2, 0) is 0 Å². The van der Waals surface area contributed by atoms with Crippen molar-refractivity contribution < 1.29 is 0 Å². The van der Waals surface area contributed by atoms with E-state index in [1.165, 1.54) is 70.6 Å². The molecule has 0 saturated heterocycles. The van der Waals surface area contributed by atoms with Gasteiger partial charge in [0.2, 0.25) is 0 Å². The summed E-state index contributed by atoms with van der Waals surface area (Å²) in [5.74, 6) is 1.93. The molecule has 0 fully saturated rings. The molecule has 0 aromatic carbocycles. The normalized spacial score (nSPS) is 11.6. The first-order chi connectivity index (χ1) is 8.20. The molecule has 0 aromatic heterocycles. The van der Waals surface area contributed by atoms with E-state index >= 15 is 0 Å². The van der Waals surface area contributed by atoms with Gasteiger partial charge in [-0.05, 0) is 11.8 Å². The van der Waals surface area contributed by atoms with Crippen LogP contribution in [0, 0.1) is 11.8 Å². The van der Waals surface area contributed by atoms with Crippen molar-refractivity contribution in [1.29, 1.82) is 0 Å². The second kappa shape index (κ2) is 12.5. The van der Waals surface area contributed by atoms with Gasteiger partial charge in [-0.1, -0.05) is 98.3 Å². The highest BCUT2D eigenvalue weighted by Gasteiger charge is 2.07. The topological polar surface area (TPSA) is 0 Å². The van der Waals surface area contributed by atoms with Gasteiger partial charge in [-0.2, -0.15) is 0 Å². The van der Waals surface area contributed by atoms with E-state index in [0.29, 0.717) is 0 Å². The fraction of sp³-hybridized carbons (Fsp3) is 1.00. The minimum absolute atomic E-state index is 0.894. The molecule has 0 aliphatic rings. The molecule has 0 heterocycles. The molecule has 0 radical (unpaired) electrons. The van der Waals surface area contributed by atoms with Gasteiger partial charge in [-0.15, -0.1) is 0 Å². The minimum Gasteiger partial charge on any atom is -0.0654 e. The molecule has 0 amide bonds. The van der Waals surface area contributed by atoms with Crippen LogP contribution in [0.25, 0.3) is 0 Å². The smallest absolute Gasteiger partial charge is 0.0414 e. The fourth-order valence-electron chi connectivity index (χ4n) is 2.58. The molecule has 104 valence electrons. The van der Waals surface area contributed by atoms with Gasteiger partial charge >= 0.3 is 0 Å². The van der Waals surface area contributed by atoms with Crippen molar-refractivity contribution in [1.82, 2.24) is 0 Å². The van der Waals surface area contributed by atoms with Crippen molar-refractivity contribution in [3.63, 3.8) is 0 Å². The number of hydrogen-bond acceptors (Lipinski definition) is 0. The molecule has 0 aliphatic heterocycles. The van der Waals surface area contributed by atoms with E-state index in [9.17, 15) is 0 Å². The van der Waals surface area contributed by atoms with Gasteiger partial charge in [0.25, 0.3) is 0 Å². The first-order valence-corrected chi connectivity index (χ1v) is 8.20. The average molecular weight is 240 g/mol. The second-order valence-corrected chi connectivity index (χ2v) is 6.18. The van der Waals surface area contributed by atoms with Crippen LogP contribution in [-0.4, -0.2) is 0 Å². The number of unbranched alkanes of at least 4 members (excludes halogenated alkanes) is 4. The average Bonchev–Trinajstić information content (AvgIpc) is 2.30. The molecule has 0 nitrogen and oxygen atoms in total. The van der Waals surface area contributed by atoms with Crippen LogP contribution in [0.4, 0.5) is 0 Å². The lowest BCUT2D eigenvalue weighted by atomic mass is 9.90. The molecule has 0 rings (SSSR count). The predicted molar refractivity (Wildman–Crippen MR) is 80.5 cm³/mol. The van der Waals surface area contributed by atoms with Gasteiger partial charge in [0.1, 0.15) is 0 Å². The highest BCUT2D eigenvalue weighted by Crippen LogP contribution is 2.23. The molecular weight excluding hydrogens is 204 g/mol. The Kier molecular flexibility index (Phi) is 12.5. The van der Waals surface area contributed by atoms with Crippen LogP contribution in [0.15, 0.2) is 0 Å². The largest absolute Gasteiger partial charge is 0.0654 e. The van der Waals surface area contributed by atoms with Crippen molar-refractivity contribution in [3.8, 4) is 0 Å². The lowest BCUT2D eigenvalue weighted by molar-refractivity contribution is 0.374. The van der Waals surface area contributed by atoms with Crippen molar-refractivity contribution in [2.45, 2.75) is 98.3 Å². The Morgan fingerprint density at radius 2 is 1.06 bits per heavy atom. The Labute approximate surface area is 111 Å². The van der Waals surface area contributed by atoms with E-state index in [1.54, 1.807) is 0 Å². The quantitative estimate of drug-likeness (QED) is 0.338. The molecule has 0 saturated carbocycles. The van der Waals surface area contributed by atoms with Crippen molar-refractivity contribution in [2.24, 2.45) is 11.8 Å². The molecule has 0 atom stereocenters. The van der Waals surface area contributed by atoms with Crippen LogP contribution in [0.2, 0.25) is 0 Å². The maximum absolute atomic E-state index is 2.34. The molecule has 0 aromatic rings. The van der Waals surface area contributed by atoms with Gasteiger partial charge in [0, 0.05) is 0 Å². The van der Waals surface area contributed by atoms with E-state index in [2.05, 4.69) is 27.7 Å². The summed E-state index contributed by atoms with van der Waals surface area (Å²) in [7, 11) is 0. The van der Waals surface area contributed by atoms with Crippen LogP contribution >= 0.6 is 0 Å². The SMILES string of the molecule is CCCCC(CCCC)CCCCCC(C)C. The standard InChI is InChI=1S/C17H36/c1-5-7-13-17(14-8-6-2)15-11-9-10-12-16(3)4/h16-17H,5-15H2,1-4H3. The van der Waals surface area contributed by atoms with Gasteiger partial charge in [0.15, 0.2) is 0 Å². The van der Waals surface area contributed by atoms with Crippen LogP contribution in [0.3, 0.4) is 0 Å². The van der Waals surface area contributed by atoms with E-state index in [0.717, 1.165) is 11.8 Å². The monoisotopic (exact) mass is 240 g/mol. The predicted octanol–water partition coefficient (Wildman–Crippen LogP) is 6.59. The zero-order valence-corrected chi connectivity index (χ0v) is 12.9. The minimum atomic E-state index is 0.894. The van der Waals surface area contributed by atoms with Crippen molar-refractivity contribution >= 4 is 0 Å². The Balaban J connectivity index is 3.52. The summed E-state index contributed by atoms with van der Waals surface area (Å²) in [6.07, 6.45) is 15.9. The van der Waals surface area contributed by atoms with Crippen LogP contribution < -0.4 is 0 Å². The summed E-state index contributed by atoms with van der Waals surface area (Å²) in [6.45, 7) is 9.32. The summed E-state index contributed by atoms with van der Waals surface area (Å²) < 4.78 is 0. The Morgan fingerprint density at radius 3 is 1.53 bits per heavy atom. The molecule has 0 aliphatic carbocycles. The molecule has 0 heteroatoms. The Hall–Kier alpha value is 0. The summed E-state index contributed by atoms with van der Waals surface area (Å²) >= 11 is 0. The van der Waals surface area contributed by atoms with Crippen molar-refractivity contribution in [2.75, 3.05) is 0 Å². The maximum atomic E-state index is 2.34. The molecule has 0 N–H and O–H groups in total. The molecule has 0 bridgehead atoms. The van der Waals surface area contributed by atoms with Gasteiger partial charge in [-0.3, -0.25) is 0 Å². The third-order valence-corrected chi connectivity index (χ3v) is 3.83. The molecule has 0 unspecified atom stereocenters. The van der Waals surface area contributed by atoms with Gasteiger partial charge in [-0.25, -0.2) is 0 Å². The third-order valence-electron chi connectivity index (χ3n) is 3.83. The Bertz CT molecular complexity index is 129. The van der Waals surface area contributed by atoms with Crippen LogP contribution in [0.5, 0.6) is 0 Å². The number of hydrogen-bond donors (Lipinski definition) is 0. The maximum Gasteiger partial charge on any atom is -0.0414 e. The van der Waals surface area contributed by atoms with Crippen molar-refractivity contribution in [3.05, 3.63) is 0 Å². The Morgan fingerprint density at radius 1 is 0.588 bits per heavy atom. The van der Waals surface area contributed by atoms with Crippen LogP contribution in [0.1, 0.15) is 98.3 Å². The zero-order chi connectivity index (χ0) is 12.9. The molecule has 0 spiro atoms. The zero-order valence-electron chi connectivity index (χ0n) is 12.9. The molecular formula is C17H36. The van der Waals surface area contributed by atoms with E-state index in [1.807, 2.05) is 0 Å². The van der Waals surface area contributed by atoms with E-state index < -0.39 is 0 Å². The van der Waals surface area contributed by atoms with E-state index in [4.69, 9.17) is 0 Å². The number of rotatable bonds is 12. The third kappa shape index (κ3) is 12.2. The summed E-state index contributed by atoms with van der Waals surface area (Å²) in [4.78, 5) is 0. The highest BCUT2D eigenvalue weighted by molar-refractivity contribution is 4.60. The summed E-state index contributed by atoms with van der Waals surface area (Å²) in [6, 6.07) is 0. The second-order valence-electron chi connectivity index (χ2n) is 6.18. The first kappa shape index (κ1) is 17.0. The van der Waals surface area contributed by atoms with Gasteiger partial charge in [0.05, 0.1) is 0 Å². The molecule has 17 heavy (non-hydrogen) atoms. The lowest BCUT2D eigenvalue weighted by Crippen LogP contribution is -2.01. The summed E-state index contributed by atoms with van der Waals surface area (Å²) in [5, 5.41) is 0. The van der Waals surface area contributed by atoms with Gasteiger partial charge < -0.3 is 0 Å². The highest BCUT2D eigenvalue weighted by atomic mass is 14.1. The summed E-state index contributed by atoms with van der Waals surface area (Å²) in [5.41, 5.74) is 0. The lowest BCUT2D eigenvalue weighted by Gasteiger charge is -2.16. The van der Waals surface area contributed by atoms with E-state index in [-0.39, 0.29) is 0 Å². The fourth-order valence-corrected chi connectivity index (χ4v) is 2.58. The first-order valence-electron chi connectivity index (χ1n) is 8.20.